The van der Waals surface area contributed by atoms with Crippen molar-refractivity contribution in [1.82, 2.24) is 20.1 Å². The summed E-state index contributed by atoms with van der Waals surface area (Å²) < 4.78 is 2.96. The number of carbonyl (C=O) groups is 1. The van der Waals surface area contributed by atoms with Gasteiger partial charge in [0.25, 0.3) is 0 Å². The number of hydrogen-bond acceptors (Lipinski definition) is 5. The minimum absolute atomic E-state index is 0.0792. The van der Waals surface area contributed by atoms with E-state index in [0.29, 0.717) is 12.6 Å². The molecule has 1 fully saturated rings. The zero-order valence-corrected chi connectivity index (χ0v) is 18.3. The highest BCUT2D eigenvalue weighted by atomic mass is 32.1. The van der Waals surface area contributed by atoms with E-state index < -0.39 is 0 Å². The zero-order valence-electron chi connectivity index (χ0n) is 17.4. The van der Waals surface area contributed by atoms with Crippen molar-refractivity contribution in [2.75, 3.05) is 18.5 Å². The number of rotatable bonds is 5. The first-order valence-electron chi connectivity index (χ1n) is 10.4. The van der Waals surface area contributed by atoms with Crippen LogP contribution in [0.3, 0.4) is 0 Å². The van der Waals surface area contributed by atoms with Crippen molar-refractivity contribution in [3.63, 3.8) is 0 Å². The van der Waals surface area contributed by atoms with Crippen molar-refractivity contribution in [1.29, 1.82) is 0 Å². The lowest BCUT2D eigenvalue weighted by atomic mass is 10.1. The molecule has 1 saturated carbocycles. The van der Waals surface area contributed by atoms with Gasteiger partial charge in [-0.25, -0.2) is 4.68 Å². The smallest absolute Gasteiger partial charge is 0.239 e. The molecule has 0 atom stereocenters. The molecule has 0 bridgehead atoms. The second-order valence-electron chi connectivity index (χ2n) is 8.09. The Bertz CT molecular complexity index is 983. The predicted octanol–water partition coefficient (Wildman–Crippen LogP) is 4.37. The number of likely N-dealkylation sites (N-methyl/N-ethyl adjacent to an activating group) is 1. The van der Waals surface area contributed by atoms with Gasteiger partial charge in [-0.2, -0.15) is 10.1 Å². The summed E-state index contributed by atoms with van der Waals surface area (Å²) in [7, 11) is 1.93. The number of aryl methyl sites for hydroxylation is 2. The van der Waals surface area contributed by atoms with E-state index in [2.05, 4.69) is 41.6 Å². The molecule has 29 heavy (non-hydrogen) atoms. The van der Waals surface area contributed by atoms with Crippen LogP contribution in [0, 0.1) is 13.8 Å². The summed E-state index contributed by atoms with van der Waals surface area (Å²) >= 11 is 1.59. The van der Waals surface area contributed by atoms with Gasteiger partial charge in [0.15, 0.2) is 10.8 Å². The molecule has 0 radical (unpaired) electrons. The van der Waals surface area contributed by atoms with E-state index >= 15 is 0 Å². The van der Waals surface area contributed by atoms with Crippen molar-refractivity contribution in [3.05, 3.63) is 35.5 Å². The summed E-state index contributed by atoms with van der Waals surface area (Å²) in [5.74, 6) is 0.0792. The molecular formula is C22H29N5OS. The Hall–Kier alpha value is -2.41. The van der Waals surface area contributed by atoms with Gasteiger partial charge in [0.05, 0.1) is 22.6 Å². The van der Waals surface area contributed by atoms with Gasteiger partial charge in [0.1, 0.15) is 0 Å². The van der Waals surface area contributed by atoms with E-state index in [-0.39, 0.29) is 5.91 Å². The van der Waals surface area contributed by atoms with Gasteiger partial charge in [-0.1, -0.05) is 54.7 Å². The zero-order chi connectivity index (χ0) is 20.4. The van der Waals surface area contributed by atoms with E-state index in [4.69, 9.17) is 4.98 Å². The molecule has 6 nitrogen and oxygen atoms in total. The number of benzene rings is 1. The molecule has 1 amide bonds. The number of carbonyl (C=O) groups excluding carboxylic acids is 1. The minimum Gasteiger partial charge on any atom is -0.352 e. The number of thiazole rings is 1. The molecule has 154 valence electrons. The number of anilines is 1. The molecule has 4 rings (SSSR count). The van der Waals surface area contributed by atoms with E-state index in [1.807, 2.05) is 23.6 Å². The molecule has 1 N–H and O–H groups in total. The monoisotopic (exact) mass is 411 g/mol. The van der Waals surface area contributed by atoms with Crippen LogP contribution in [0.1, 0.15) is 49.8 Å². The lowest BCUT2D eigenvalue weighted by Gasteiger charge is -2.20. The van der Waals surface area contributed by atoms with E-state index in [9.17, 15) is 4.79 Å². The molecule has 0 aliphatic heterocycles. The molecule has 0 spiro atoms. The Morgan fingerprint density at radius 2 is 1.86 bits per heavy atom. The van der Waals surface area contributed by atoms with Crippen LogP contribution in [-0.4, -0.2) is 40.3 Å². The summed E-state index contributed by atoms with van der Waals surface area (Å²) in [5, 5.41) is 8.73. The third-order valence-corrected chi connectivity index (χ3v) is 6.85. The first-order valence-corrected chi connectivity index (χ1v) is 11.3. The molecule has 0 unspecified atom stereocenters. The Morgan fingerprint density at radius 1 is 1.17 bits per heavy atom. The summed E-state index contributed by atoms with van der Waals surface area (Å²) in [4.78, 5) is 19.3. The van der Waals surface area contributed by atoms with Gasteiger partial charge in [-0.3, -0.25) is 4.79 Å². The van der Waals surface area contributed by atoms with Gasteiger partial charge in [-0.05, 0) is 38.8 Å². The maximum Gasteiger partial charge on any atom is 0.239 e. The van der Waals surface area contributed by atoms with Crippen LogP contribution < -0.4 is 10.2 Å². The second-order valence-corrected chi connectivity index (χ2v) is 9.07. The van der Waals surface area contributed by atoms with Crippen molar-refractivity contribution >= 4 is 32.7 Å². The lowest BCUT2D eigenvalue weighted by Crippen LogP contribution is -2.40. The molecule has 7 heteroatoms. The summed E-state index contributed by atoms with van der Waals surface area (Å²) in [6, 6.07) is 8.60. The minimum atomic E-state index is 0.0792. The van der Waals surface area contributed by atoms with Crippen LogP contribution in [0.5, 0.6) is 0 Å². The third-order valence-electron chi connectivity index (χ3n) is 5.58. The summed E-state index contributed by atoms with van der Waals surface area (Å²) in [5.41, 5.74) is 4.02. The van der Waals surface area contributed by atoms with Gasteiger partial charge in [-0.15, -0.1) is 0 Å². The number of nitrogens with one attached hydrogen (secondary N) is 1. The molecule has 1 aliphatic rings. The van der Waals surface area contributed by atoms with Crippen LogP contribution >= 0.6 is 11.3 Å². The number of aromatic nitrogens is 3. The van der Waals surface area contributed by atoms with E-state index in [0.717, 1.165) is 39.7 Å². The van der Waals surface area contributed by atoms with Gasteiger partial charge in [0.2, 0.25) is 5.91 Å². The Morgan fingerprint density at radius 3 is 2.55 bits per heavy atom. The fourth-order valence-electron chi connectivity index (χ4n) is 3.93. The molecular weight excluding hydrogens is 382 g/mol. The average Bonchev–Trinajstić information content (AvgIpc) is 3.15. The summed E-state index contributed by atoms with van der Waals surface area (Å²) in [6.45, 7) is 4.40. The van der Waals surface area contributed by atoms with Crippen LogP contribution in [-0.2, 0) is 4.79 Å². The molecule has 1 aliphatic carbocycles. The fraction of sp³-hybridized carbons (Fsp3) is 0.500. The van der Waals surface area contributed by atoms with E-state index in [1.54, 1.807) is 11.3 Å². The third kappa shape index (κ3) is 4.45. The van der Waals surface area contributed by atoms with Crippen molar-refractivity contribution in [2.45, 2.75) is 58.4 Å². The van der Waals surface area contributed by atoms with Crippen LogP contribution in [0.25, 0.3) is 16.0 Å². The van der Waals surface area contributed by atoms with Crippen LogP contribution in [0.4, 0.5) is 5.13 Å². The van der Waals surface area contributed by atoms with Crippen LogP contribution in [0.2, 0.25) is 0 Å². The number of nitrogens with zero attached hydrogens (tertiary/aromatic N) is 4. The predicted molar refractivity (Wildman–Crippen MR) is 119 cm³/mol. The highest BCUT2D eigenvalue weighted by Gasteiger charge is 2.20. The molecule has 2 heterocycles. The fourth-order valence-corrected chi connectivity index (χ4v) is 4.88. The molecule has 3 aromatic rings. The number of fused-ring (bicyclic) bond motifs is 1. The van der Waals surface area contributed by atoms with Gasteiger partial charge < -0.3 is 10.2 Å². The first-order chi connectivity index (χ1) is 14.0. The number of hydrogen-bond donors (Lipinski definition) is 1. The molecule has 2 aromatic heterocycles. The maximum atomic E-state index is 12.6. The second kappa shape index (κ2) is 8.53. The lowest BCUT2D eigenvalue weighted by molar-refractivity contribution is -0.120. The topological polar surface area (TPSA) is 63.1 Å². The maximum absolute atomic E-state index is 12.6. The van der Waals surface area contributed by atoms with Crippen LogP contribution in [0.15, 0.2) is 24.3 Å². The van der Waals surface area contributed by atoms with Gasteiger partial charge >= 0.3 is 0 Å². The quantitative estimate of drug-likeness (QED) is 0.633. The largest absolute Gasteiger partial charge is 0.352 e. The Balaban J connectivity index is 1.49. The molecule has 1 aromatic carbocycles. The SMILES string of the molecule is Cc1ccc(-n2nc(C)c3sc(N(C)CC(=O)NC4CCCCCC4)nc32)cc1. The highest BCUT2D eigenvalue weighted by Crippen LogP contribution is 2.32. The Kier molecular flexibility index (Phi) is 5.85. The van der Waals surface area contributed by atoms with E-state index in [1.165, 1.54) is 31.2 Å². The van der Waals surface area contributed by atoms with Crippen molar-refractivity contribution in [2.24, 2.45) is 0 Å². The normalized spacial score (nSPS) is 15.4. The average molecular weight is 412 g/mol. The van der Waals surface area contributed by atoms with Crippen molar-refractivity contribution in [3.8, 4) is 5.69 Å². The highest BCUT2D eigenvalue weighted by molar-refractivity contribution is 7.22. The van der Waals surface area contributed by atoms with Gasteiger partial charge in [0, 0.05) is 13.1 Å². The Labute approximate surface area is 175 Å². The summed E-state index contributed by atoms with van der Waals surface area (Å²) in [6.07, 6.45) is 7.20. The standard InChI is InChI=1S/C22H29N5OS/c1-15-10-12-18(13-11-15)27-21-20(16(2)25-27)29-22(24-21)26(3)14-19(28)23-17-8-6-4-5-7-9-17/h10-13,17H,4-9,14H2,1-3H3,(H,23,28). The van der Waals surface area contributed by atoms with Crippen molar-refractivity contribution < 1.29 is 4.79 Å². The first kappa shape index (κ1) is 19.9. The number of amides is 1. The molecule has 0 saturated heterocycles.